The molecule has 1 aliphatic carbocycles. The van der Waals surface area contributed by atoms with Crippen molar-refractivity contribution >= 4 is 10.8 Å². The number of nitrogens with one attached hydrogen (secondary N) is 1. The van der Waals surface area contributed by atoms with Crippen LogP contribution in [0.1, 0.15) is 39.3 Å². The van der Waals surface area contributed by atoms with Crippen LogP contribution in [-0.2, 0) is 6.54 Å². The molecule has 0 unspecified atom stereocenters. The fourth-order valence-electron chi connectivity index (χ4n) is 2.26. The van der Waals surface area contributed by atoms with Crippen LogP contribution in [0.15, 0.2) is 30.3 Å². The molecular formula is C18H24N2O. The predicted octanol–water partition coefficient (Wildman–Crippen LogP) is 3.91. The standard InChI is InChI=1S/C18H24N2O/c1-18(2,3)19-11-15-10-14-6-4-5-7-16(14)17(20-15)21-12-13-8-9-13/h4-7,10,13,19H,8-9,11-12H2,1-3H3. The van der Waals surface area contributed by atoms with E-state index in [1.165, 1.54) is 18.2 Å². The molecule has 0 atom stereocenters. The third-order valence-electron chi connectivity index (χ3n) is 3.71. The molecule has 1 aromatic carbocycles. The zero-order valence-electron chi connectivity index (χ0n) is 13.1. The summed E-state index contributed by atoms with van der Waals surface area (Å²) >= 11 is 0. The Labute approximate surface area is 126 Å². The Morgan fingerprint density at radius 2 is 2.00 bits per heavy atom. The van der Waals surface area contributed by atoms with Crippen molar-refractivity contribution in [2.75, 3.05) is 6.61 Å². The van der Waals surface area contributed by atoms with Crippen LogP contribution in [0.5, 0.6) is 5.88 Å². The summed E-state index contributed by atoms with van der Waals surface area (Å²) in [5.41, 5.74) is 1.12. The Balaban J connectivity index is 1.86. The molecule has 21 heavy (non-hydrogen) atoms. The molecule has 1 aliphatic rings. The third kappa shape index (κ3) is 3.94. The van der Waals surface area contributed by atoms with Gasteiger partial charge in [0.15, 0.2) is 0 Å². The molecule has 0 aliphatic heterocycles. The van der Waals surface area contributed by atoms with Crippen LogP contribution in [0.25, 0.3) is 10.8 Å². The van der Waals surface area contributed by atoms with E-state index in [1.54, 1.807) is 0 Å². The lowest BCUT2D eigenvalue weighted by Gasteiger charge is -2.20. The average Bonchev–Trinajstić information content (AvgIpc) is 3.26. The molecule has 0 amide bonds. The van der Waals surface area contributed by atoms with Crippen LogP contribution in [0.3, 0.4) is 0 Å². The number of rotatable bonds is 5. The molecular weight excluding hydrogens is 260 g/mol. The van der Waals surface area contributed by atoms with Crippen molar-refractivity contribution < 1.29 is 4.74 Å². The topological polar surface area (TPSA) is 34.1 Å². The number of fused-ring (bicyclic) bond motifs is 1. The van der Waals surface area contributed by atoms with Gasteiger partial charge in [-0.2, -0.15) is 0 Å². The van der Waals surface area contributed by atoms with Crippen LogP contribution in [0, 0.1) is 5.92 Å². The summed E-state index contributed by atoms with van der Waals surface area (Å²) < 4.78 is 5.98. The van der Waals surface area contributed by atoms with Crippen molar-refractivity contribution in [2.24, 2.45) is 5.92 Å². The van der Waals surface area contributed by atoms with Crippen molar-refractivity contribution in [3.8, 4) is 5.88 Å². The molecule has 0 saturated heterocycles. The van der Waals surface area contributed by atoms with Gasteiger partial charge in [-0.25, -0.2) is 4.98 Å². The SMILES string of the molecule is CC(C)(C)NCc1cc2ccccc2c(OCC2CC2)n1. The van der Waals surface area contributed by atoms with E-state index in [-0.39, 0.29) is 5.54 Å². The van der Waals surface area contributed by atoms with Gasteiger partial charge >= 0.3 is 0 Å². The average molecular weight is 284 g/mol. The van der Waals surface area contributed by atoms with Crippen LogP contribution in [0.2, 0.25) is 0 Å². The van der Waals surface area contributed by atoms with Crippen LogP contribution in [-0.4, -0.2) is 17.1 Å². The maximum atomic E-state index is 5.98. The molecule has 1 saturated carbocycles. The largest absolute Gasteiger partial charge is 0.477 e. The normalized spacial score (nSPS) is 15.4. The van der Waals surface area contributed by atoms with Crippen LogP contribution in [0.4, 0.5) is 0 Å². The first-order valence-electron chi connectivity index (χ1n) is 7.78. The maximum Gasteiger partial charge on any atom is 0.221 e. The van der Waals surface area contributed by atoms with Gasteiger partial charge in [0.25, 0.3) is 0 Å². The molecule has 1 N–H and O–H groups in total. The summed E-state index contributed by atoms with van der Waals surface area (Å²) in [5.74, 6) is 1.52. The molecule has 112 valence electrons. The van der Waals surface area contributed by atoms with Crippen molar-refractivity contribution in [3.05, 3.63) is 36.0 Å². The molecule has 0 spiro atoms. The van der Waals surface area contributed by atoms with E-state index in [1.807, 2.05) is 6.07 Å². The fourth-order valence-corrected chi connectivity index (χ4v) is 2.26. The van der Waals surface area contributed by atoms with Gasteiger partial charge in [-0.15, -0.1) is 0 Å². The minimum Gasteiger partial charge on any atom is -0.477 e. The highest BCUT2D eigenvalue weighted by Gasteiger charge is 2.22. The minimum absolute atomic E-state index is 0.0857. The van der Waals surface area contributed by atoms with Crippen molar-refractivity contribution in [1.82, 2.24) is 10.3 Å². The van der Waals surface area contributed by atoms with Crippen LogP contribution < -0.4 is 10.1 Å². The molecule has 3 rings (SSSR count). The van der Waals surface area contributed by atoms with Gasteiger partial charge in [0.1, 0.15) is 0 Å². The molecule has 0 bridgehead atoms. The molecule has 3 nitrogen and oxygen atoms in total. The lowest BCUT2D eigenvalue weighted by Crippen LogP contribution is -2.35. The Morgan fingerprint density at radius 3 is 2.71 bits per heavy atom. The second-order valence-electron chi connectivity index (χ2n) is 7.00. The highest BCUT2D eigenvalue weighted by atomic mass is 16.5. The number of ether oxygens (including phenoxy) is 1. The highest BCUT2D eigenvalue weighted by Crippen LogP contribution is 2.31. The van der Waals surface area contributed by atoms with E-state index in [4.69, 9.17) is 9.72 Å². The van der Waals surface area contributed by atoms with E-state index in [9.17, 15) is 0 Å². The molecule has 1 aromatic heterocycles. The Bertz CT molecular complexity index is 627. The quantitative estimate of drug-likeness (QED) is 0.904. The first kappa shape index (κ1) is 14.3. The lowest BCUT2D eigenvalue weighted by atomic mass is 10.1. The third-order valence-corrected chi connectivity index (χ3v) is 3.71. The van der Waals surface area contributed by atoms with E-state index in [0.717, 1.165) is 36.0 Å². The zero-order valence-corrected chi connectivity index (χ0v) is 13.1. The molecule has 3 heteroatoms. The molecule has 1 heterocycles. The second-order valence-corrected chi connectivity index (χ2v) is 7.00. The Hall–Kier alpha value is -1.61. The zero-order chi connectivity index (χ0) is 14.9. The Kier molecular flexibility index (Phi) is 3.85. The maximum absolute atomic E-state index is 5.98. The van der Waals surface area contributed by atoms with Crippen molar-refractivity contribution in [3.63, 3.8) is 0 Å². The molecule has 2 aromatic rings. The Morgan fingerprint density at radius 1 is 1.24 bits per heavy atom. The number of benzene rings is 1. The number of aromatic nitrogens is 1. The van der Waals surface area contributed by atoms with Gasteiger partial charge in [0.05, 0.1) is 12.3 Å². The summed E-state index contributed by atoms with van der Waals surface area (Å²) in [6.45, 7) is 8.05. The van der Waals surface area contributed by atoms with Gasteiger partial charge < -0.3 is 10.1 Å². The number of nitrogens with zero attached hydrogens (tertiary/aromatic N) is 1. The lowest BCUT2D eigenvalue weighted by molar-refractivity contribution is 0.291. The molecule has 1 fully saturated rings. The van der Waals surface area contributed by atoms with Gasteiger partial charge in [-0.1, -0.05) is 18.2 Å². The summed E-state index contributed by atoms with van der Waals surface area (Å²) in [6, 6.07) is 10.5. The summed E-state index contributed by atoms with van der Waals surface area (Å²) in [7, 11) is 0. The highest BCUT2D eigenvalue weighted by molar-refractivity contribution is 5.87. The van der Waals surface area contributed by atoms with Crippen LogP contribution >= 0.6 is 0 Å². The minimum atomic E-state index is 0.0857. The first-order valence-corrected chi connectivity index (χ1v) is 7.78. The van der Waals surface area contributed by atoms with E-state index < -0.39 is 0 Å². The second kappa shape index (κ2) is 5.64. The van der Waals surface area contributed by atoms with Gasteiger partial charge in [-0.05, 0) is 57.0 Å². The fraction of sp³-hybridized carbons (Fsp3) is 0.500. The first-order chi connectivity index (χ1) is 10.0. The predicted molar refractivity (Wildman–Crippen MR) is 86.6 cm³/mol. The van der Waals surface area contributed by atoms with E-state index in [0.29, 0.717) is 0 Å². The van der Waals surface area contributed by atoms with Gasteiger partial charge in [0.2, 0.25) is 5.88 Å². The van der Waals surface area contributed by atoms with Gasteiger partial charge in [0, 0.05) is 17.5 Å². The number of hydrogen-bond acceptors (Lipinski definition) is 3. The van der Waals surface area contributed by atoms with Gasteiger partial charge in [-0.3, -0.25) is 0 Å². The summed E-state index contributed by atoms with van der Waals surface area (Å²) in [5, 5.41) is 5.80. The summed E-state index contributed by atoms with van der Waals surface area (Å²) in [4.78, 5) is 4.72. The molecule has 0 radical (unpaired) electrons. The smallest absolute Gasteiger partial charge is 0.221 e. The monoisotopic (exact) mass is 284 g/mol. The number of hydrogen-bond donors (Lipinski definition) is 1. The number of pyridine rings is 1. The van der Waals surface area contributed by atoms with Crippen molar-refractivity contribution in [1.29, 1.82) is 0 Å². The summed E-state index contributed by atoms with van der Waals surface area (Å²) in [6.07, 6.45) is 2.59. The van der Waals surface area contributed by atoms with E-state index >= 15 is 0 Å². The van der Waals surface area contributed by atoms with Crippen molar-refractivity contribution in [2.45, 2.75) is 45.7 Å². The van der Waals surface area contributed by atoms with E-state index in [2.05, 4.69) is 50.4 Å².